The van der Waals surface area contributed by atoms with Crippen molar-refractivity contribution in [2.24, 2.45) is 0 Å². The second-order valence-corrected chi connectivity index (χ2v) is 5.47. The van der Waals surface area contributed by atoms with Gasteiger partial charge in [0.05, 0.1) is 6.54 Å². The Labute approximate surface area is 139 Å². The third-order valence-corrected chi connectivity index (χ3v) is 3.66. The summed E-state index contributed by atoms with van der Waals surface area (Å²) in [6, 6.07) is 9.07. The molecule has 0 radical (unpaired) electrons. The van der Waals surface area contributed by atoms with Crippen LogP contribution in [0.2, 0.25) is 0 Å². The van der Waals surface area contributed by atoms with Gasteiger partial charge >= 0.3 is 5.76 Å². The van der Waals surface area contributed by atoms with Crippen LogP contribution in [0.25, 0.3) is 0 Å². The maximum absolute atomic E-state index is 14.4. The summed E-state index contributed by atoms with van der Waals surface area (Å²) < 4.78 is 59.8. The Morgan fingerprint density at radius 1 is 0.960 bits per heavy atom. The Hall–Kier alpha value is -2.90. The standard InChI is InChI=1S/C17H12F4N2O2/c18-13-5-1-11(2-6-13)9-15-22-25-16(24)23(15)10-17(20,21)12-3-7-14(19)8-4-12/h1-8H,9-10H2. The van der Waals surface area contributed by atoms with Gasteiger partial charge in [0.25, 0.3) is 5.92 Å². The number of hydrogen-bond donors (Lipinski definition) is 0. The summed E-state index contributed by atoms with van der Waals surface area (Å²) in [5, 5.41) is 3.51. The van der Waals surface area contributed by atoms with Crippen molar-refractivity contribution >= 4 is 0 Å². The van der Waals surface area contributed by atoms with Gasteiger partial charge < -0.3 is 0 Å². The van der Waals surface area contributed by atoms with E-state index in [2.05, 4.69) is 9.68 Å². The first-order valence-corrected chi connectivity index (χ1v) is 7.29. The minimum atomic E-state index is -3.43. The van der Waals surface area contributed by atoms with Gasteiger partial charge in [-0.2, -0.15) is 8.78 Å². The van der Waals surface area contributed by atoms with Crippen LogP contribution in [-0.2, 0) is 18.9 Å². The first-order valence-electron chi connectivity index (χ1n) is 7.29. The van der Waals surface area contributed by atoms with Crippen molar-refractivity contribution in [3.8, 4) is 0 Å². The van der Waals surface area contributed by atoms with Gasteiger partial charge in [0, 0.05) is 12.0 Å². The van der Waals surface area contributed by atoms with Crippen molar-refractivity contribution in [1.82, 2.24) is 9.72 Å². The molecule has 0 spiro atoms. The molecule has 0 N–H and O–H groups in total. The van der Waals surface area contributed by atoms with Crippen LogP contribution in [0.5, 0.6) is 0 Å². The molecule has 0 unspecified atom stereocenters. The number of aromatic nitrogens is 2. The topological polar surface area (TPSA) is 48.0 Å². The second-order valence-electron chi connectivity index (χ2n) is 5.47. The normalized spacial score (nSPS) is 11.7. The van der Waals surface area contributed by atoms with Gasteiger partial charge in [0.1, 0.15) is 11.6 Å². The van der Waals surface area contributed by atoms with Crippen molar-refractivity contribution < 1.29 is 22.1 Å². The molecule has 1 aromatic heterocycles. The minimum absolute atomic E-state index is 0.0154. The van der Waals surface area contributed by atoms with Gasteiger partial charge in [0.15, 0.2) is 5.82 Å². The summed E-state index contributed by atoms with van der Waals surface area (Å²) >= 11 is 0. The van der Waals surface area contributed by atoms with E-state index in [9.17, 15) is 22.4 Å². The molecule has 4 nitrogen and oxygen atoms in total. The number of alkyl halides is 2. The maximum atomic E-state index is 14.4. The third kappa shape index (κ3) is 3.78. The Balaban J connectivity index is 1.87. The van der Waals surface area contributed by atoms with Gasteiger partial charge in [-0.15, -0.1) is 0 Å². The van der Waals surface area contributed by atoms with Gasteiger partial charge in [0.2, 0.25) is 0 Å². The van der Waals surface area contributed by atoms with E-state index in [0.717, 1.165) is 24.3 Å². The molecule has 130 valence electrons. The first-order chi connectivity index (χ1) is 11.8. The Bertz CT molecular complexity index is 915. The zero-order valence-electron chi connectivity index (χ0n) is 12.8. The van der Waals surface area contributed by atoms with E-state index in [1.54, 1.807) is 0 Å². The van der Waals surface area contributed by atoms with E-state index in [-0.39, 0.29) is 12.2 Å². The molecule has 2 aromatic carbocycles. The van der Waals surface area contributed by atoms with Crippen LogP contribution in [0.4, 0.5) is 17.6 Å². The molecular formula is C17H12F4N2O2. The molecule has 0 aliphatic carbocycles. The van der Waals surface area contributed by atoms with E-state index in [4.69, 9.17) is 0 Å². The summed E-state index contributed by atoms with van der Waals surface area (Å²) in [6.45, 7) is -1.00. The maximum Gasteiger partial charge on any atom is 0.441 e. The molecule has 3 aromatic rings. The molecule has 0 bridgehead atoms. The Morgan fingerprint density at radius 3 is 2.12 bits per heavy atom. The zero-order chi connectivity index (χ0) is 18.0. The smallest absolute Gasteiger partial charge is 0.296 e. The number of halogens is 4. The van der Waals surface area contributed by atoms with Crippen LogP contribution in [-0.4, -0.2) is 9.72 Å². The van der Waals surface area contributed by atoms with Crippen LogP contribution < -0.4 is 5.76 Å². The molecule has 8 heteroatoms. The van der Waals surface area contributed by atoms with Crippen molar-refractivity contribution in [1.29, 1.82) is 0 Å². The van der Waals surface area contributed by atoms with Crippen LogP contribution in [0.1, 0.15) is 17.0 Å². The van der Waals surface area contributed by atoms with Crippen molar-refractivity contribution in [2.45, 2.75) is 18.9 Å². The molecule has 0 aliphatic rings. The molecule has 0 fully saturated rings. The van der Waals surface area contributed by atoms with E-state index >= 15 is 0 Å². The molecule has 0 amide bonds. The summed E-state index contributed by atoms with van der Waals surface area (Å²) in [5.41, 5.74) is 0.142. The van der Waals surface area contributed by atoms with Crippen molar-refractivity contribution in [2.75, 3.05) is 0 Å². The van der Waals surface area contributed by atoms with Crippen molar-refractivity contribution in [3.05, 3.63) is 87.7 Å². The van der Waals surface area contributed by atoms with Gasteiger partial charge in [-0.3, -0.25) is 9.09 Å². The minimum Gasteiger partial charge on any atom is -0.296 e. The lowest BCUT2D eigenvalue weighted by Crippen LogP contribution is -2.28. The highest BCUT2D eigenvalue weighted by atomic mass is 19.3. The zero-order valence-corrected chi connectivity index (χ0v) is 12.8. The predicted octanol–water partition coefficient (Wildman–Crippen LogP) is 3.50. The van der Waals surface area contributed by atoms with Gasteiger partial charge in [-0.05, 0) is 29.8 Å². The molecule has 0 saturated heterocycles. The lowest BCUT2D eigenvalue weighted by molar-refractivity contribution is -0.0244. The largest absolute Gasteiger partial charge is 0.441 e. The first kappa shape index (κ1) is 16.9. The summed E-state index contributed by atoms with van der Waals surface area (Å²) in [7, 11) is 0. The summed E-state index contributed by atoms with van der Waals surface area (Å²) in [6.07, 6.45) is 0.0194. The fourth-order valence-corrected chi connectivity index (χ4v) is 2.35. The Kier molecular flexibility index (Phi) is 4.43. The summed E-state index contributed by atoms with van der Waals surface area (Å²) in [4.78, 5) is 11.7. The predicted molar refractivity (Wildman–Crippen MR) is 80.3 cm³/mol. The van der Waals surface area contributed by atoms with E-state index in [0.29, 0.717) is 10.1 Å². The van der Waals surface area contributed by atoms with Crippen LogP contribution in [0.15, 0.2) is 57.8 Å². The number of nitrogens with zero attached hydrogens (tertiary/aromatic N) is 2. The highest BCUT2D eigenvalue weighted by Crippen LogP contribution is 2.30. The quantitative estimate of drug-likeness (QED) is 0.661. The average Bonchev–Trinajstić information content (AvgIpc) is 2.90. The van der Waals surface area contributed by atoms with E-state index in [1.807, 2.05) is 0 Å². The molecule has 0 aliphatic heterocycles. The molecule has 1 heterocycles. The van der Waals surface area contributed by atoms with Crippen LogP contribution in [0.3, 0.4) is 0 Å². The molecular weight excluding hydrogens is 340 g/mol. The fourth-order valence-electron chi connectivity index (χ4n) is 2.35. The molecule has 25 heavy (non-hydrogen) atoms. The molecule has 0 atom stereocenters. The Morgan fingerprint density at radius 2 is 1.52 bits per heavy atom. The third-order valence-electron chi connectivity index (χ3n) is 3.66. The van der Waals surface area contributed by atoms with Crippen LogP contribution in [0, 0.1) is 11.6 Å². The summed E-state index contributed by atoms with van der Waals surface area (Å²) in [5.74, 6) is -5.55. The van der Waals surface area contributed by atoms with E-state index in [1.165, 1.54) is 24.3 Å². The molecule has 0 saturated carbocycles. The second kappa shape index (κ2) is 6.54. The number of hydrogen-bond acceptors (Lipinski definition) is 3. The lowest BCUT2D eigenvalue weighted by atomic mass is 10.1. The highest BCUT2D eigenvalue weighted by Gasteiger charge is 2.34. The van der Waals surface area contributed by atoms with Gasteiger partial charge in [-0.1, -0.05) is 29.4 Å². The molecule has 3 rings (SSSR count). The monoisotopic (exact) mass is 352 g/mol. The van der Waals surface area contributed by atoms with Gasteiger partial charge in [-0.25, -0.2) is 13.6 Å². The number of benzene rings is 2. The SMILES string of the molecule is O=c1onc(Cc2ccc(F)cc2)n1CC(F)(F)c1ccc(F)cc1. The van der Waals surface area contributed by atoms with E-state index < -0.39 is 35.4 Å². The van der Waals surface area contributed by atoms with Crippen molar-refractivity contribution in [3.63, 3.8) is 0 Å². The highest BCUT2D eigenvalue weighted by molar-refractivity contribution is 5.22. The fraction of sp³-hybridized carbons (Fsp3) is 0.176. The number of rotatable bonds is 5. The van der Waals surface area contributed by atoms with Crippen LogP contribution >= 0.6 is 0 Å². The lowest BCUT2D eigenvalue weighted by Gasteiger charge is -2.17. The average molecular weight is 352 g/mol.